The fourth-order valence-electron chi connectivity index (χ4n) is 2.82. The van der Waals surface area contributed by atoms with Gasteiger partial charge in [-0.15, -0.1) is 0 Å². The van der Waals surface area contributed by atoms with E-state index >= 15 is 0 Å². The van der Waals surface area contributed by atoms with Gasteiger partial charge in [-0.05, 0) is 50.9 Å². The van der Waals surface area contributed by atoms with Gasteiger partial charge in [-0.3, -0.25) is 14.3 Å². The Morgan fingerprint density at radius 1 is 1.11 bits per heavy atom. The highest BCUT2D eigenvalue weighted by Gasteiger charge is 2.33. The Morgan fingerprint density at radius 2 is 1.63 bits per heavy atom. The van der Waals surface area contributed by atoms with E-state index in [1.807, 2.05) is 32.3 Å². The number of rotatable bonds is 10. The number of nitrogens with zero attached hydrogens (tertiary/aromatic N) is 1. The number of para-hydroxylation sites is 1. The molecule has 2 unspecified atom stereocenters. The van der Waals surface area contributed by atoms with Gasteiger partial charge in [-0.25, -0.2) is 5.09 Å². The van der Waals surface area contributed by atoms with Crippen LogP contribution in [0.3, 0.4) is 0 Å². The lowest BCUT2D eigenvalue weighted by Gasteiger charge is -2.29. The van der Waals surface area contributed by atoms with Crippen LogP contribution in [-0.2, 0) is 14.1 Å². The van der Waals surface area contributed by atoms with Crippen LogP contribution < -0.4 is 9.61 Å². The number of hydrogen-bond acceptors (Lipinski definition) is 5. The fourth-order valence-corrected chi connectivity index (χ4v) is 4.96. The van der Waals surface area contributed by atoms with Gasteiger partial charge in [0.2, 0.25) is 0 Å². The molecule has 154 valence electrons. The van der Waals surface area contributed by atoms with Crippen molar-refractivity contribution in [3.8, 4) is 5.75 Å². The van der Waals surface area contributed by atoms with Crippen molar-refractivity contribution < 1.29 is 18.6 Å². The van der Waals surface area contributed by atoms with Gasteiger partial charge in [-0.2, -0.15) is 0 Å². The van der Waals surface area contributed by atoms with Crippen molar-refractivity contribution in [2.75, 3.05) is 27.0 Å². The Kier molecular flexibility index (Phi) is 9.00. The molecule has 27 heavy (non-hydrogen) atoms. The second kappa shape index (κ2) is 10.3. The van der Waals surface area contributed by atoms with E-state index in [9.17, 15) is 9.36 Å². The lowest BCUT2D eigenvalue weighted by atomic mass is 9.94. The zero-order chi connectivity index (χ0) is 20.8. The summed E-state index contributed by atoms with van der Waals surface area (Å²) < 4.78 is 24.9. The topological polar surface area (TPSA) is 67.9 Å². The SMILES string of the molecule is CCOC(=O)C(C)NP(=O)(CN(C)C)Oc1c(C(C)C)cccc1C(C)C. The van der Waals surface area contributed by atoms with Gasteiger partial charge < -0.3 is 9.26 Å². The second-order valence-corrected chi connectivity index (χ2v) is 9.73. The molecular formula is C20H35N2O4P. The summed E-state index contributed by atoms with van der Waals surface area (Å²) in [5.74, 6) is 0.639. The first-order valence-corrected chi connectivity index (χ1v) is 11.3. The monoisotopic (exact) mass is 398 g/mol. The van der Waals surface area contributed by atoms with Gasteiger partial charge in [-0.1, -0.05) is 45.9 Å². The van der Waals surface area contributed by atoms with Gasteiger partial charge in [0, 0.05) is 0 Å². The molecule has 0 spiro atoms. The number of esters is 1. The van der Waals surface area contributed by atoms with Crippen LogP contribution in [0.15, 0.2) is 18.2 Å². The Morgan fingerprint density at radius 3 is 2.04 bits per heavy atom. The molecule has 0 saturated heterocycles. The summed E-state index contributed by atoms with van der Waals surface area (Å²) in [5, 5.41) is 2.91. The molecule has 0 fully saturated rings. The van der Waals surface area contributed by atoms with Gasteiger partial charge >= 0.3 is 13.5 Å². The number of hydrogen-bond donors (Lipinski definition) is 1. The van der Waals surface area contributed by atoms with Crippen LogP contribution >= 0.6 is 7.52 Å². The van der Waals surface area contributed by atoms with Crippen LogP contribution in [0.25, 0.3) is 0 Å². The molecule has 0 aliphatic carbocycles. The molecule has 1 N–H and O–H groups in total. The van der Waals surface area contributed by atoms with Crippen LogP contribution in [0.5, 0.6) is 5.75 Å². The molecule has 1 aromatic rings. The molecular weight excluding hydrogens is 363 g/mol. The minimum absolute atomic E-state index is 0.167. The van der Waals surface area contributed by atoms with E-state index < -0.39 is 19.5 Å². The molecule has 0 aliphatic heterocycles. The van der Waals surface area contributed by atoms with E-state index in [1.54, 1.807) is 18.7 Å². The van der Waals surface area contributed by atoms with E-state index in [0.29, 0.717) is 5.75 Å². The summed E-state index contributed by atoms with van der Waals surface area (Å²) in [7, 11) is 0.258. The second-order valence-electron chi connectivity index (χ2n) is 7.66. The van der Waals surface area contributed by atoms with E-state index in [2.05, 4.69) is 32.8 Å². The van der Waals surface area contributed by atoms with Crippen molar-refractivity contribution >= 4 is 13.5 Å². The smallest absolute Gasteiger partial charge is 0.331 e. The molecule has 2 atom stereocenters. The number of benzene rings is 1. The van der Waals surface area contributed by atoms with Gasteiger partial charge in [0.25, 0.3) is 0 Å². The molecule has 0 aliphatic rings. The zero-order valence-corrected chi connectivity index (χ0v) is 18.8. The first-order chi connectivity index (χ1) is 12.5. The van der Waals surface area contributed by atoms with Crippen LogP contribution in [0, 0.1) is 0 Å². The summed E-state index contributed by atoms with van der Waals surface area (Å²) in [6.45, 7) is 12.0. The first-order valence-electron chi connectivity index (χ1n) is 9.51. The number of carbonyl (C=O) groups excluding carboxylic acids is 1. The fraction of sp³-hybridized carbons (Fsp3) is 0.650. The van der Waals surface area contributed by atoms with Gasteiger partial charge in [0.15, 0.2) is 0 Å². The third kappa shape index (κ3) is 6.95. The van der Waals surface area contributed by atoms with Crippen LogP contribution in [0.4, 0.5) is 0 Å². The quantitative estimate of drug-likeness (QED) is 0.460. The Balaban J connectivity index is 3.31. The Labute approximate surface area is 164 Å². The highest BCUT2D eigenvalue weighted by Crippen LogP contribution is 2.48. The molecule has 6 nitrogen and oxygen atoms in total. The van der Waals surface area contributed by atoms with E-state index in [4.69, 9.17) is 9.26 Å². The number of carbonyl (C=O) groups is 1. The van der Waals surface area contributed by atoms with Crippen molar-refractivity contribution in [3.63, 3.8) is 0 Å². The van der Waals surface area contributed by atoms with E-state index in [0.717, 1.165) is 11.1 Å². The largest absolute Gasteiger partial charge is 0.465 e. The maximum atomic E-state index is 13.7. The molecule has 0 saturated carbocycles. The highest BCUT2D eigenvalue weighted by atomic mass is 31.2. The van der Waals surface area contributed by atoms with Crippen molar-refractivity contribution in [1.29, 1.82) is 0 Å². The summed E-state index contributed by atoms with van der Waals surface area (Å²) in [4.78, 5) is 13.8. The molecule has 7 heteroatoms. The van der Waals surface area contributed by atoms with Crippen molar-refractivity contribution in [3.05, 3.63) is 29.3 Å². The van der Waals surface area contributed by atoms with Crippen molar-refractivity contribution in [2.45, 2.75) is 59.4 Å². The van der Waals surface area contributed by atoms with E-state index in [1.165, 1.54) is 0 Å². The van der Waals surface area contributed by atoms with Gasteiger partial charge in [0.05, 0.1) is 6.61 Å². The predicted octanol–water partition coefficient (Wildman–Crippen LogP) is 4.57. The molecule has 0 heterocycles. The summed E-state index contributed by atoms with van der Waals surface area (Å²) >= 11 is 0. The van der Waals surface area contributed by atoms with Crippen molar-refractivity contribution in [1.82, 2.24) is 9.99 Å². The van der Waals surface area contributed by atoms with Crippen LogP contribution in [-0.4, -0.2) is 43.9 Å². The van der Waals surface area contributed by atoms with Crippen LogP contribution in [0.2, 0.25) is 0 Å². The van der Waals surface area contributed by atoms with Gasteiger partial charge in [0.1, 0.15) is 18.1 Å². The Hall–Kier alpha value is -1.36. The number of ether oxygens (including phenoxy) is 1. The average Bonchev–Trinajstić information content (AvgIpc) is 2.53. The zero-order valence-electron chi connectivity index (χ0n) is 17.9. The predicted molar refractivity (Wildman–Crippen MR) is 111 cm³/mol. The molecule has 0 aromatic heterocycles. The third-order valence-corrected chi connectivity index (χ3v) is 6.25. The molecule has 0 amide bonds. The summed E-state index contributed by atoms with van der Waals surface area (Å²) in [6, 6.07) is 5.27. The maximum absolute atomic E-state index is 13.7. The number of nitrogens with one attached hydrogen (secondary N) is 1. The highest BCUT2D eigenvalue weighted by molar-refractivity contribution is 7.57. The van der Waals surface area contributed by atoms with Crippen molar-refractivity contribution in [2.24, 2.45) is 0 Å². The molecule has 0 radical (unpaired) electrons. The molecule has 1 aromatic carbocycles. The molecule has 1 rings (SSSR count). The average molecular weight is 398 g/mol. The minimum atomic E-state index is -3.39. The first kappa shape index (κ1) is 23.7. The third-order valence-electron chi connectivity index (χ3n) is 4.06. The normalized spacial score (nSPS) is 15.1. The lowest BCUT2D eigenvalue weighted by molar-refractivity contribution is -0.144. The lowest BCUT2D eigenvalue weighted by Crippen LogP contribution is -2.37. The molecule has 0 bridgehead atoms. The standard InChI is InChI=1S/C20H35N2O4P/c1-9-25-20(23)16(6)21-27(24,13-22(7)8)26-19-17(14(2)3)11-10-12-18(19)15(4)5/h10-12,14-16H,9,13H2,1-8H3,(H,21,24). The van der Waals surface area contributed by atoms with Crippen LogP contribution in [0.1, 0.15) is 64.5 Å². The summed E-state index contributed by atoms with van der Waals surface area (Å²) in [5.41, 5.74) is 2.01. The Bertz CT molecular complexity index is 648. The van der Waals surface area contributed by atoms with E-state index in [-0.39, 0.29) is 24.7 Å². The maximum Gasteiger partial charge on any atom is 0.331 e. The minimum Gasteiger partial charge on any atom is -0.465 e. The summed E-state index contributed by atoms with van der Waals surface area (Å²) in [6.07, 6.45) is 0.167.